The van der Waals surface area contributed by atoms with Crippen LogP contribution in [0, 0.1) is 6.92 Å². The summed E-state index contributed by atoms with van der Waals surface area (Å²) in [6.45, 7) is 6.16. The molecule has 1 aliphatic heterocycles. The van der Waals surface area contributed by atoms with Gasteiger partial charge in [0.1, 0.15) is 11.6 Å². The lowest BCUT2D eigenvalue weighted by Crippen LogP contribution is -2.35. The van der Waals surface area contributed by atoms with Crippen molar-refractivity contribution in [2.75, 3.05) is 6.54 Å². The Morgan fingerprint density at radius 2 is 2.13 bits per heavy atom. The van der Waals surface area contributed by atoms with Crippen LogP contribution >= 0.6 is 11.6 Å². The summed E-state index contributed by atoms with van der Waals surface area (Å²) >= 11 is 6.25. The van der Waals surface area contributed by atoms with E-state index in [-0.39, 0.29) is 5.56 Å². The van der Waals surface area contributed by atoms with Crippen molar-refractivity contribution in [2.45, 2.75) is 52.6 Å². The molecule has 1 aliphatic rings. The lowest BCUT2D eigenvalue weighted by molar-refractivity contribution is 0.237. The summed E-state index contributed by atoms with van der Waals surface area (Å²) in [4.78, 5) is 29.2. The summed E-state index contributed by atoms with van der Waals surface area (Å²) in [5.41, 5.74) is 2.63. The Morgan fingerprint density at radius 3 is 2.91 bits per heavy atom. The van der Waals surface area contributed by atoms with Gasteiger partial charge in [0.05, 0.1) is 11.4 Å². The van der Waals surface area contributed by atoms with Crippen molar-refractivity contribution in [3.05, 3.63) is 44.1 Å². The third-order valence-electron chi connectivity index (χ3n) is 4.20. The van der Waals surface area contributed by atoms with Crippen molar-refractivity contribution in [1.82, 2.24) is 24.8 Å². The maximum Gasteiger partial charge on any atom is 0.254 e. The fourth-order valence-corrected chi connectivity index (χ4v) is 3.19. The topological polar surface area (TPSA) is 77.7 Å². The van der Waals surface area contributed by atoms with Crippen LogP contribution in [0.4, 0.5) is 0 Å². The number of H-pyrrole nitrogens is 2. The van der Waals surface area contributed by atoms with E-state index in [1.807, 2.05) is 6.92 Å². The fraction of sp³-hybridized carbons (Fsp3) is 0.562. The molecule has 0 bridgehead atoms. The molecule has 23 heavy (non-hydrogen) atoms. The Labute approximate surface area is 140 Å². The van der Waals surface area contributed by atoms with E-state index in [0.717, 1.165) is 48.6 Å². The molecule has 2 aromatic heterocycles. The smallest absolute Gasteiger partial charge is 0.254 e. The molecule has 0 amide bonds. The second-order valence-electron chi connectivity index (χ2n) is 6.09. The minimum absolute atomic E-state index is 0.00595. The summed E-state index contributed by atoms with van der Waals surface area (Å²) < 4.78 is 0. The van der Waals surface area contributed by atoms with E-state index in [9.17, 15) is 4.79 Å². The van der Waals surface area contributed by atoms with E-state index in [1.54, 1.807) is 0 Å². The van der Waals surface area contributed by atoms with Crippen LogP contribution in [0.2, 0.25) is 5.15 Å². The van der Waals surface area contributed by atoms with Gasteiger partial charge in [-0.15, -0.1) is 0 Å². The predicted octanol–water partition coefficient (Wildman–Crippen LogP) is 2.36. The highest BCUT2D eigenvalue weighted by Gasteiger charge is 2.22. The molecule has 0 aromatic carbocycles. The lowest BCUT2D eigenvalue weighted by atomic mass is 10.1. The van der Waals surface area contributed by atoms with Crippen LogP contribution in [0.3, 0.4) is 0 Å². The molecule has 2 aromatic rings. The molecule has 3 heterocycles. The highest BCUT2D eigenvalue weighted by Crippen LogP contribution is 2.20. The minimum Gasteiger partial charge on any atom is -0.344 e. The van der Waals surface area contributed by atoms with E-state index in [1.165, 1.54) is 0 Å². The predicted molar refractivity (Wildman–Crippen MR) is 89.6 cm³/mol. The van der Waals surface area contributed by atoms with Crippen molar-refractivity contribution in [3.8, 4) is 0 Å². The molecule has 0 spiro atoms. The van der Waals surface area contributed by atoms with Gasteiger partial charge >= 0.3 is 0 Å². The molecule has 3 rings (SSSR count). The van der Waals surface area contributed by atoms with Gasteiger partial charge in [0, 0.05) is 31.6 Å². The van der Waals surface area contributed by atoms with Crippen molar-refractivity contribution in [3.63, 3.8) is 0 Å². The van der Waals surface area contributed by atoms with Crippen molar-refractivity contribution >= 4 is 11.6 Å². The Balaban J connectivity index is 1.72. The maximum absolute atomic E-state index is 12.0. The van der Waals surface area contributed by atoms with Gasteiger partial charge in [0.2, 0.25) is 0 Å². The maximum atomic E-state index is 12.0. The first-order valence-corrected chi connectivity index (χ1v) is 8.49. The van der Waals surface area contributed by atoms with E-state index in [4.69, 9.17) is 11.6 Å². The molecule has 0 atom stereocenters. The number of unbranched alkanes of at least 4 members (excludes halogenated alkanes) is 1. The number of nitrogens with zero attached hydrogens (tertiary/aromatic N) is 3. The Hall–Kier alpha value is -1.66. The highest BCUT2D eigenvalue weighted by molar-refractivity contribution is 6.30. The van der Waals surface area contributed by atoms with Gasteiger partial charge in [0.25, 0.3) is 5.56 Å². The molecule has 7 heteroatoms. The molecular formula is C16H22ClN5O. The molecule has 0 fully saturated rings. The van der Waals surface area contributed by atoms with Gasteiger partial charge < -0.3 is 9.97 Å². The normalized spacial score (nSPS) is 14.9. The van der Waals surface area contributed by atoms with Gasteiger partial charge in [-0.3, -0.25) is 9.69 Å². The largest absolute Gasteiger partial charge is 0.344 e. The van der Waals surface area contributed by atoms with Crippen LogP contribution in [0.15, 0.2) is 4.79 Å². The number of rotatable bonds is 5. The first kappa shape index (κ1) is 16.2. The van der Waals surface area contributed by atoms with Gasteiger partial charge in [-0.1, -0.05) is 24.9 Å². The highest BCUT2D eigenvalue weighted by atomic mass is 35.5. The molecule has 0 radical (unpaired) electrons. The average molecular weight is 336 g/mol. The first-order valence-electron chi connectivity index (χ1n) is 8.11. The standard InChI is InChI=1S/C16H22ClN5O/c1-3-4-5-14-20-13(15(17)21-14)9-22-7-6-11-12(8-22)18-10(2)19-16(11)23/h3-9H2,1-2H3,(H,20,21)(H,18,19,23). The van der Waals surface area contributed by atoms with E-state index >= 15 is 0 Å². The lowest BCUT2D eigenvalue weighted by Gasteiger charge is -2.27. The molecule has 0 saturated carbocycles. The van der Waals surface area contributed by atoms with E-state index in [0.29, 0.717) is 30.5 Å². The van der Waals surface area contributed by atoms with E-state index < -0.39 is 0 Å². The summed E-state index contributed by atoms with van der Waals surface area (Å²) in [5.74, 6) is 1.62. The molecule has 0 unspecified atom stereocenters. The number of hydrogen-bond acceptors (Lipinski definition) is 4. The van der Waals surface area contributed by atoms with Crippen LogP contribution in [0.5, 0.6) is 0 Å². The average Bonchev–Trinajstić information content (AvgIpc) is 2.84. The van der Waals surface area contributed by atoms with Gasteiger partial charge in [-0.2, -0.15) is 0 Å². The fourth-order valence-electron chi connectivity index (χ4n) is 2.98. The van der Waals surface area contributed by atoms with Crippen LogP contribution < -0.4 is 5.56 Å². The molecular weight excluding hydrogens is 314 g/mol. The summed E-state index contributed by atoms with van der Waals surface area (Å²) in [7, 11) is 0. The SMILES string of the molecule is CCCCc1nc(Cl)c(CN2CCc3c(nc(C)[nH]c3=O)C2)[nH]1. The zero-order chi connectivity index (χ0) is 16.4. The second-order valence-corrected chi connectivity index (χ2v) is 6.45. The van der Waals surface area contributed by atoms with Crippen molar-refractivity contribution < 1.29 is 0 Å². The van der Waals surface area contributed by atoms with Crippen LogP contribution in [-0.4, -0.2) is 31.4 Å². The number of halogens is 1. The minimum atomic E-state index is -0.00595. The van der Waals surface area contributed by atoms with Crippen LogP contribution in [0.25, 0.3) is 0 Å². The molecule has 124 valence electrons. The Bertz CT molecular complexity index is 751. The number of aromatic nitrogens is 4. The Kier molecular flexibility index (Phi) is 4.82. The third-order valence-corrected chi connectivity index (χ3v) is 4.51. The summed E-state index contributed by atoms with van der Waals surface area (Å²) in [6, 6.07) is 0. The Morgan fingerprint density at radius 1 is 1.30 bits per heavy atom. The zero-order valence-electron chi connectivity index (χ0n) is 13.6. The molecule has 0 aliphatic carbocycles. The zero-order valence-corrected chi connectivity index (χ0v) is 14.3. The summed E-state index contributed by atoms with van der Waals surface area (Å²) in [5, 5.41) is 0.553. The number of aromatic amines is 2. The third kappa shape index (κ3) is 3.64. The number of hydrogen-bond donors (Lipinski definition) is 2. The van der Waals surface area contributed by atoms with Gasteiger partial charge in [0.15, 0.2) is 5.15 Å². The van der Waals surface area contributed by atoms with Crippen LogP contribution in [0.1, 0.15) is 48.4 Å². The van der Waals surface area contributed by atoms with Crippen molar-refractivity contribution in [1.29, 1.82) is 0 Å². The number of fused-ring (bicyclic) bond motifs is 1. The number of nitrogens with one attached hydrogen (secondary N) is 2. The second kappa shape index (κ2) is 6.84. The monoisotopic (exact) mass is 335 g/mol. The van der Waals surface area contributed by atoms with E-state index in [2.05, 4.69) is 31.8 Å². The molecule has 2 N–H and O–H groups in total. The number of aryl methyl sites for hydroxylation is 2. The molecule has 0 saturated heterocycles. The van der Waals surface area contributed by atoms with Gasteiger partial charge in [-0.05, 0) is 19.8 Å². The molecule has 6 nitrogen and oxygen atoms in total. The van der Waals surface area contributed by atoms with Crippen LogP contribution in [-0.2, 0) is 25.9 Å². The quantitative estimate of drug-likeness (QED) is 0.879. The van der Waals surface area contributed by atoms with Crippen molar-refractivity contribution in [2.24, 2.45) is 0 Å². The first-order chi connectivity index (χ1) is 11.1. The summed E-state index contributed by atoms with van der Waals surface area (Å²) in [6.07, 6.45) is 3.88. The van der Waals surface area contributed by atoms with Gasteiger partial charge in [-0.25, -0.2) is 9.97 Å². The number of imidazole rings is 1.